The third-order valence-corrected chi connectivity index (χ3v) is 3.00. The molecule has 1 aliphatic rings. The second-order valence-corrected chi connectivity index (χ2v) is 5.00. The third kappa shape index (κ3) is 3.20. The minimum atomic E-state index is 0.356. The fourth-order valence-corrected chi connectivity index (χ4v) is 1.69. The number of nitrogens with two attached hydrogens (primary N) is 1. The molecule has 17 heavy (non-hydrogen) atoms. The molecule has 0 radical (unpaired) electrons. The van der Waals surface area contributed by atoms with Gasteiger partial charge in [-0.25, -0.2) is 9.97 Å². The van der Waals surface area contributed by atoms with Gasteiger partial charge in [-0.05, 0) is 26.9 Å². The molecule has 0 amide bonds. The SMILES string of the molecule is CN(C)CCNc1nc(C2CC2)nc(Cl)c1N. The van der Waals surface area contributed by atoms with Crippen molar-refractivity contribution in [2.75, 3.05) is 38.2 Å². The van der Waals surface area contributed by atoms with Crippen molar-refractivity contribution in [2.45, 2.75) is 18.8 Å². The summed E-state index contributed by atoms with van der Waals surface area (Å²) in [6.45, 7) is 1.70. The average molecular weight is 256 g/mol. The number of rotatable bonds is 5. The molecule has 0 saturated heterocycles. The predicted molar refractivity (Wildman–Crippen MR) is 70.5 cm³/mol. The summed E-state index contributed by atoms with van der Waals surface area (Å²) in [4.78, 5) is 10.8. The third-order valence-electron chi connectivity index (χ3n) is 2.71. The zero-order valence-corrected chi connectivity index (χ0v) is 11.0. The van der Waals surface area contributed by atoms with Gasteiger partial charge in [-0.2, -0.15) is 0 Å². The smallest absolute Gasteiger partial charge is 0.157 e. The maximum absolute atomic E-state index is 6.01. The molecule has 94 valence electrons. The number of aromatic nitrogens is 2. The largest absolute Gasteiger partial charge is 0.393 e. The second kappa shape index (κ2) is 5.06. The molecule has 1 fully saturated rings. The van der Waals surface area contributed by atoms with Crippen molar-refractivity contribution >= 4 is 23.1 Å². The normalized spacial score (nSPS) is 15.3. The lowest BCUT2D eigenvalue weighted by Crippen LogP contribution is -2.22. The summed E-state index contributed by atoms with van der Waals surface area (Å²) in [6, 6.07) is 0. The van der Waals surface area contributed by atoms with E-state index < -0.39 is 0 Å². The van der Waals surface area contributed by atoms with Crippen LogP contribution >= 0.6 is 11.6 Å². The van der Waals surface area contributed by atoms with E-state index in [1.54, 1.807) is 0 Å². The lowest BCUT2D eigenvalue weighted by Gasteiger charge is -2.13. The van der Waals surface area contributed by atoms with Crippen LogP contribution in [0.25, 0.3) is 0 Å². The van der Waals surface area contributed by atoms with Gasteiger partial charge in [-0.15, -0.1) is 0 Å². The predicted octanol–water partition coefficient (Wildman–Crippen LogP) is 1.56. The van der Waals surface area contributed by atoms with Gasteiger partial charge < -0.3 is 16.0 Å². The van der Waals surface area contributed by atoms with E-state index >= 15 is 0 Å². The second-order valence-electron chi connectivity index (χ2n) is 4.64. The van der Waals surface area contributed by atoms with Crippen LogP contribution in [0, 0.1) is 0 Å². The molecule has 3 N–H and O–H groups in total. The minimum absolute atomic E-state index is 0.356. The zero-order chi connectivity index (χ0) is 12.4. The molecular weight excluding hydrogens is 238 g/mol. The van der Waals surface area contributed by atoms with Crippen molar-refractivity contribution in [1.82, 2.24) is 14.9 Å². The van der Waals surface area contributed by atoms with Gasteiger partial charge in [0.15, 0.2) is 11.0 Å². The molecule has 0 aromatic carbocycles. The highest BCUT2D eigenvalue weighted by Gasteiger charge is 2.28. The molecule has 0 spiro atoms. The Hall–Kier alpha value is -1.07. The number of hydrogen-bond acceptors (Lipinski definition) is 5. The van der Waals surface area contributed by atoms with Crippen LogP contribution in [0.5, 0.6) is 0 Å². The van der Waals surface area contributed by atoms with Crippen LogP contribution in [0.2, 0.25) is 5.15 Å². The molecule has 0 aliphatic heterocycles. The number of anilines is 2. The lowest BCUT2D eigenvalue weighted by atomic mass is 10.3. The number of hydrogen-bond donors (Lipinski definition) is 2. The highest BCUT2D eigenvalue weighted by molar-refractivity contribution is 6.32. The molecule has 6 heteroatoms. The summed E-state index contributed by atoms with van der Waals surface area (Å²) >= 11 is 6.01. The van der Waals surface area contributed by atoms with Crippen LogP contribution in [-0.2, 0) is 0 Å². The molecule has 0 atom stereocenters. The van der Waals surface area contributed by atoms with Crippen LogP contribution < -0.4 is 11.1 Å². The average Bonchev–Trinajstić information content (AvgIpc) is 3.07. The van der Waals surface area contributed by atoms with E-state index in [9.17, 15) is 0 Å². The van der Waals surface area contributed by atoms with Gasteiger partial charge in [0.05, 0.1) is 0 Å². The summed E-state index contributed by atoms with van der Waals surface area (Å²) in [7, 11) is 4.04. The van der Waals surface area contributed by atoms with E-state index in [-0.39, 0.29) is 0 Å². The Morgan fingerprint density at radius 1 is 1.41 bits per heavy atom. The van der Waals surface area contributed by atoms with Crippen molar-refractivity contribution in [3.05, 3.63) is 11.0 Å². The van der Waals surface area contributed by atoms with Gasteiger partial charge in [0.25, 0.3) is 0 Å². The van der Waals surface area contributed by atoms with E-state index in [1.165, 1.54) is 0 Å². The number of halogens is 1. The van der Waals surface area contributed by atoms with Gasteiger partial charge in [0.1, 0.15) is 11.5 Å². The van der Waals surface area contributed by atoms with E-state index in [2.05, 4.69) is 20.2 Å². The molecule has 1 saturated carbocycles. The summed E-state index contributed by atoms with van der Waals surface area (Å²) in [5.41, 5.74) is 6.30. The van der Waals surface area contributed by atoms with E-state index in [1.807, 2.05) is 14.1 Å². The zero-order valence-electron chi connectivity index (χ0n) is 10.2. The van der Waals surface area contributed by atoms with Crippen LogP contribution in [0.1, 0.15) is 24.6 Å². The molecule has 0 unspecified atom stereocenters. The van der Waals surface area contributed by atoms with Crippen molar-refractivity contribution in [3.8, 4) is 0 Å². The van der Waals surface area contributed by atoms with Crippen LogP contribution in [0.4, 0.5) is 11.5 Å². The van der Waals surface area contributed by atoms with Gasteiger partial charge >= 0.3 is 0 Å². The Balaban J connectivity index is 2.08. The molecule has 2 rings (SSSR count). The monoisotopic (exact) mass is 255 g/mol. The minimum Gasteiger partial charge on any atom is -0.393 e. The van der Waals surface area contributed by atoms with Gasteiger partial charge in [0.2, 0.25) is 0 Å². The van der Waals surface area contributed by atoms with E-state index in [0.29, 0.717) is 22.6 Å². The maximum Gasteiger partial charge on any atom is 0.157 e. The van der Waals surface area contributed by atoms with Crippen molar-refractivity contribution in [1.29, 1.82) is 0 Å². The summed E-state index contributed by atoms with van der Waals surface area (Å²) in [5, 5.41) is 3.56. The Bertz CT molecular complexity index is 403. The first-order chi connectivity index (χ1) is 8.08. The lowest BCUT2D eigenvalue weighted by molar-refractivity contribution is 0.425. The van der Waals surface area contributed by atoms with Crippen LogP contribution in [-0.4, -0.2) is 42.1 Å². The summed E-state index contributed by atoms with van der Waals surface area (Å²) in [6.07, 6.45) is 2.30. The standard InChI is InChI=1S/C11H18ClN5/c1-17(2)6-5-14-11-8(13)9(12)15-10(16-11)7-3-4-7/h7H,3-6,13H2,1-2H3,(H,14,15,16). The number of nitrogens with zero attached hydrogens (tertiary/aromatic N) is 3. The fourth-order valence-electron chi connectivity index (χ4n) is 1.52. The Labute approximate surface area is 106 Å². The van der Waals surface area contributed by atoms with E-state index in [0.717, 1.165) is 31.8 Å². The Morgan fingerprint density at radius 2 is 2.12 bits per heavy atom. The molecular formula is C11H18ClN5. The molecule has 1 aliphatic carbocycles. The summed E-state index contributed by atoms with van der Waals surface area (Å²) in [5.74, 6) is 1.95. The first kappa shape index (κ1) is 12.4. The molecule has 0 bridgehead atoms. The quantitative estimate of drug-likeness (QED) is 0.782. The van der Waals surface area contributed by atoms with Crippen LogP contribution in [0.15, 0.2) is 0 Å². The fraction of sp³-hybridized carbons (Fsp3) is 0.636. The Morgan fingerprint density at radius 3 is 2.71 bits per heavy atom. The molecule has 1 heterocycles. The maximum atomic E-state index is 6.01. The van der Waals surface area contributed by atoms with Gasteiger partial charge in [-0.1, -0.05) is 11.6 Å². The first-order valence-corrected chi connectivity index (χ1v) is 6.17. The topological polar surface area (TPSA) is 67.1 Å². The molecule has 5 nitrogen and oxygen atoms in total. The number of nitrogens with one attached hydrogen (secondary N) is 1. The number of nitrogen functional groups attached to an aromatic ring is 1. The van der Waals surface area contributed by atoms with Gasteiger partial charge in [0, 0.05) is 19.0 Å². The molecule has 1 aromatic rings. The molecule has 1 aromatic heterocycles. The first-order valence-electron chi connectivity index (χ1n) is 5.79. The van der Waals surface area contributed by atoms with Crippen molar-refractivity contribution in [2.24, 2.45) is 0 Å². The highest BCUT2D eigenvalue weighted by atomic mass is 35.5. The van der Waals surface area contributed by atoms with Crippen LogP contribution in [0.3, 0.4) is 0 Å². The number of likely N-dealkylation sites (N-methyl/N-ethyl adjacent to an activating group) is 1. The summed E-state index contributed by atoms with van der Waals surface area (Å²) < 4.78 is 0. The van der Waals surface area contributed by atoms with Crippen molar-refractivity contribution in [3.63, 3.8) is 0 Å². The van der Waals surface area contributed by atoms with E-state index in [4.69, 9.17) is 17.3 Å². The highest BCUT2D eigenvalue weighted by Crippen LogP contribution is 2.39. The Kier molecular flexibility index (Phi) is 3.69. The van der Waals surface area contributed by atoms with Gasteiger partial charge in [-0.3, -0.25) is 0 Å². The van der Waals surface area contributed by atoms with Crippen molar-refractivity contribution < 1.29 is 0 Å².